The van der Waals surface area contributed by atoms with Crippen molar-refractivity contribution in [1.29, 1.82) is 0 Å². The predicted octanol–water partition coefficient (Wildman–Crippen LogP) is 3.97. The number of anilines is 1. The molecule has 4 aromatic rings. The van der Waals surface area contributed by atoms with Gasteiger partial charge in [0, 0.05) is 30.4 Å². The van der Waals surface area contributed by atoms with Crippen LogP contribution in [0.3, 0.4) is 0 Å². The van der Waals surface area contributed by atoms with E-state index in [4.69, 9.17) is 10.1 Å². The molecular formula is C22H21N5. The second kappa shape index (κ2) is 6.20. The van der Waals surface area contributed by atoms with Crippen molar-refractivity contribution < 1.29 is 0 Å². The lowest BCUT2D eigenvalue weighted by atomic mass is 10.00. The summed E-state index contributed by atoms with van der Waals surface area (Å²) in [6.45, 7) is 5.95. The van der Waals surface area contributed by atoms with Crippen LogP contribution in [-0.4, -0.2) is 26.1 Å². The summed E-state index contributed by atoms with van der Waals surface area (Å²) >= 11 is 0. The number of aryl methyl sites for hydroxylation is 2. The predicted molar refractivity (Wildman–Crippen MR) is 107 cm³/mol. The molecule has 1 aliphatic heterocycles. The largest absolute Gasteiger partial charge is 0.352 e. The van der Waals surface area contributed by atoms with Crippen LogP contribution >= 0.6 is 0 Å². The molecule has 0 aliphatic carbocycles. The maximum Gasteiger partial charge on any atom is 0.254 e. The van der Waals surface area contributed by atoms with Gasteiger partial charge in [-0.2, -0.15) is 9.50 Å². The first-order valence-corrected chi connectivity index (χ1v) is 9.30. The standard InChI is InChI=1S/C22H21N5/c1-15-6-5-9-18(12-15)21-24-22-23-16(2)13-20(27(22)25-21)26-11-10-17-7-3-4-8-19(17)14-26/h3-9,12-13H,10-11,14H2,1-2H3. The Morgan fingerprint density at radius 2 is 1.74 bits per heavy atom. The Kier molecular flexibility index (Phi) is 3.67. The fourth-order valence-electron chi connectivity index (χ4n) is 3.79. The SMILES string of the molecule is Cc1cccc(-c2nc3nc(C)cc(N4CCc5ccccc5C4)n3n2)c1. The third-order valence-corrected chi connectivity index (χ3v) is 5.15. The maximum atomic E-state index is 4.80. The molecule has 5 rings (SSSR count). The zero-order valence-electron chi connectivity index (χ0n) is 15.6. The normalized spacial score (nSPS) is 13.8. The molecule has 0 amide bonds. The minimum atomic E-state index is 0.653. The molecule has 3 heterocycles. The molecule has 0 unspecified atom stereocenters. The number of hydrogen-bond donors (Lipinski definition) is 0. The number of nitrogens with zero attached hydrogens (tertiary/aromatic N) is 5. The van der Waals surface area contributed by atoms with Crippen LogP contribution in [0.4, 0.5) is 5.82 Å². The van der Waals surface area contributed by atoms with Crippen molar-refractivity contribution in [3.05, 3.63) is 77.0 Å². The molecule has 134 valence electrons. The number of fused-ring (bicyclic) bond motifs is 2. The Morgan fingerprint density at radius 1 is 0.889 bits per heavy atom. The Bertz CT molecular complexity index is 1140. The zero-order chi connectivity index (χ0) is 18.4. The molecule has 5 nitrogen and oxygen atoms in total. The van der Waals surface area contributed by atoms with E-state index in [1.165, 1.54) is 16.7 Å². The number of hydrogen-bond acceptors (Lipinski definition) is 4. The number of benzene rings is 2. The molecule has 0 bridgehead atoms. The molecule has 0 atom stereocenters. The number of rotatable bonds is 2. The highest BCUT2D eigenvalue weighted by molar-refractivity contribution is 5.60. The highest BCUT2D eigenvalue weighted by Crippen LogP contribution is 2.26. The first-order valence-electron chi connectivity index (χ1n) is 9.30. The molecule has 27 heavy (non-hydrogen) atoms. The minimum absolute atomic E-state index is 0.653. The third-order valence-electron chi connectivity index (χ3n) is 5.15. The minimum Gasteiger partial charge on any atom is -0.352 e. The van der Waals surface area contributed by atoms with Crippen LogP contribution in [0.5, 0.6) is 0 Å². The summed E-state index contributed by atoms with van der Waals surface area (Å²) in [5, 5.41) is 4.80. The summed E-state index contributed by atoms with van der Waals surface area (Å²) in [7, 11) is 0. The average Bonchev–Trinajstić information content (AvgIpc) is 3.11. The van der Waals surface area contributed by atoms with E-state index in [9.17, 15) is 0 Å². The van der Waals surface area contributed by atoms with E-state index in [-0.39, 0.29) is 0 Å². The molecular weight excluding hydrogens is 334 g/mol. The smallest absolute Gasteiger partial charge is 0.254 e. The van der Waals surface area contributed by atoms with Crippen LogP contribution in [0.1, 0.15) is 22.4 Å². The molecule has 2 aromatic heterocycles. The fourth-order valence-corrected chi connectivity index (χ4v) is 3.79. The highest BCUT2D eigenvalue weighted by Gasteiger charge is 2.20. The lowest BCUT2D eigenvalue weighted by molar-refractivity contribution is 0.702. The van der Waals surface area contributed by atoms with Gasteiger partial charge in [0.2, 0.25) is 0 Å². The fraction of sp³-hybridized carbons (Fsp3) is 0.227. The van der Waals surface area contributed by atoms with Gasteiger partial charge in [-0.3, -0.25) is 0 Å². The van der Waals surface area contributed by atoms with Crippen LogP contribution < -0.4 is 4.90 Å². The Hall–Kier alpha value is -3.21. The van der Waals surface area contributed by atoms with Crippen molar-refractivity contribution in [3.63, 3.8) is 0 Å². The molecule has 0 saturated heterocycles. The van der Waals surface area contributed by atoms with Gasteiger partial charge in [-0.15, -0.1) is 5.10 Å². The van der Waals surface area contributed by atoms with Crippen molar-refractivity contribution in [1.82, 2.24) is 19.6 Å². The van der Waals surface area contributed by atoms with E-state index >= 15 is 0 Å². The van der Waals surface area contributed by atoms with Crippen LogP contribution in [0.15, 0.2) is 54.6 Å². The van der Waals surface area contributed by atoms with Crippen molar-refractivity contribution in [2.75, 3.05) is 11.4 Å². The summed E-state index contributed by atoms with van der Waals surface area (Å²) in [6.07, 6.45) is 1.04. The van der Waals surface area contributed by atoms with E-state index in [1.807, 2.05) is 23.6 Å². The molecule has 0 spiro atoms. The summed E-state index contributed by atoms with van der Waals surface area (Å²) in [4.78, 5) is 11.7. The van der Waals surface area contributed by atoms with Crippen LogP contribution in [0, 0.1) is 13.8 Å². The van der Waals surface area contributed by atoms with E-state index < -0.39 is 0 Å². The molecule has 0 N–H and O–H groups in total. The van der Waals surface area contributed by atoms with Gasteiger partial charge < -0.3 is 4.90 Å². The van der Waals surface area contributed by atoms with Crippen molar-refractivity contribution >= 4 is 11.6 Å². The number of aromatic nitrogens is 4. The molecule has 0 saturated carbocycles. The summed E-state index contributed by atoms with van der Waals surface area (Å²) in [5.41, 5.74) is 6.00. The van der Waals surface area contributed by atoms with E-state index in [0.717, 1.165) is 42.4 Å². The first-order chi connectivity index (χ1) is 13.2. The quantitative estimate of drug-likeness (QED) is 0.546. The third kappa shape index (κ3) is 2.85. The van der Waals surface area contributed by atoms with E-state index in [1.54, 1.807) is 0 Å². The van der Waals surface area contributed by atoms with Crippen LogP contribution in [-0.2, 0) is 13.0 Å². The van der Waals surface area contributed by atoms with E-state index in [0.29, 0.717) is 5.78 Å². The lowest BCUT2D eigenvalue weighted by Gasteiger charge is -2.30. The average molecular weight is 355 g/mol. The van der Waals surface area contributed by atoms with Gasteiger partial charge in [-0.1, -0.05) is 48.0 Å². The van der Waals surface area contributed by atoms with E-state index in [2.05, 4.69) is 59.3 Å². The summed E-state index contributed by atoms with van der Waals surface area (Å²) < 4.78 is 1.89. The zero-order valence-corrected chi connectivity index (χ0v) is 15.6. The maximum absolute atomic E-state index is 4.80. The Labute approximate surface area is 158 Å². The topological polar surface area (TPSA) is 46.3 Å². The monoisotopic (exact) mass is 355 g/mol. The molecule has 2 aromatic carbocycles. The van der Waals surface area contributed by atoms with Crippen molar-refractivity contribution in [2.24, 2.45) is 0 Å². The second-order valence-corrected chi connectivity index (χ2v) is 7.21. The van der Waals surface area contributed by atoms with Gasteiger partial charge in [-0.25, -0.2) is 4.98 Å². The van der Waals surface area contributed by atoms with Crippen molar-refractivity contribution in [2.45, 2.75) is 26.8 Å². The molecule has 1 aliphatic rings. The lowest BCUT2D eigenvalue weighted by Crippen LogP contribution is -2.32. The van der Waals surface area contributed by atoms with Gasteiger partial charge in [-0.05, 0) is 37.5 Å². The summed E-state index contributed by atoms with van der Waals surface area (Å²) in [5.74, 6) is 2.43. The highest BCUT2D eigenvalue weighted by atomic mass is 15.4. The molecule has 0 radical (unpaired) electrons. The first kappa shape index (κ1) is 16.0. The van der Waals surface area contributed by atoms with Crippen molar-refractivity contribution in [3.8, 4) is 11.4 Å². The molecule has 5 heteroatoms. The van der Waals surface area contributed by atoms with Gasteiger partial charge >= 0.3 is 0 Å². The second-order valence-electron chi connectivity index (χ2n) is 7.21. The van der Waals surface area contributed by atoms with Crippen LogP contribution in [0.25, 0.3) is 17.2 Å². The van der Waals surface area contributed by atoms with Crippen LogP contribution in [0.2, 0.25) is 0 Å². The Balaban J connectivity index is 1.60. The van der Waals surface area contributed by atoms with Gasteiger partial charge in [0.1, 0.15) is 5.82 Å². The molecule has 0 fully saturated rings. The van der Waals surface area contributed by atoms with Gasteiger partial charge in [0.15, 0.2) is 5.82 Å². The Morgan fingerprint density at radius 3 is 2.59 bits per heavy atom. The van der Waals surface area contributed by atoms with Gasteiger partial charge in [0.25, 0.3) is 5.78 Å². The van der Waals surface area contributed by atoms with Gasteiger partial charge in [0.05, 0.1) is 0 Å². The summed E-state index contributed by atoms with van der Waals surface area (Å²) in [6, 6.07) is 19.1.